The Balaban J connectivity index is 1.84. The second-order valence-electron chi connectivity index (χ2n) is 6.50. The van der Waals surface area contributed by atoms with Gasteiger partial charge in [-0.05, 0) is 42.3 Å². The van der Waals surface area contributed by atoms with E-state index in [9.17, 15) is 9.59 Å². The molecule has 27 heavy (non-hydrogen) atoms. The van der Waals surface area contributed by atoms with Gasteiger partial charge in [-0.1, -0.05) is 32.0 Å². The molecule has 1 aromatic heterocycles. The highest BCUT2D eigenvalue weighted by Crippen LogP contribution is 2.24. The zero-order valence-corrected chi connectivity index (χ0v) is 15.2. The lowest BCUT2D eigenvalue weighted by molar-refractivity contribution is -0.119. The SMILES string of the molecule is CC(C)c1cc(C(=O)Nc2ccc(OCC(N)=O)cc2)c2ccccc2n1. The molecule has 6 heteroatoms. The highest BCUT2D eigenvalue weighted by atomic mass is 16.5. The first-order valence-corrected chi connectivity index (χ1v) is 8.66. The molecule has 6 nitrogen and oxygen atoms in total. The highest BCUT2D eigenvalue weighted by Gasteiger charge is 2.14. The van der Waals surface area contributed by atoms with Gasteiger partial charge >= 0.3 is 0 Å². The van der Waals surface area contributed by atoms with Gasteiger partial charge in [0, 0.05) is 16.8 Å². The maximum atomic E-state index is 12.9. The predicted molar refractivity (Wildman–Crippen MR) is 105 cm³/mol. The first-order valence-electron chi connectivity index (χ1n) is 8.66. The summed E-state index contributed by atoms with van der Waals surface area (Å²) in [7, 11) is 0. The van der Waals surface area contributed by atoms with Crippen molar-refractivity contribution in [2.24, 2.45) is 5.73 Å². The average Bonchev–Trinajstić information content (AvgIpc) is 2.66. The lowest BCUT2D eigenvalue weighted by Gasteiger charge is -2.12. The monoisotopic (exact) mass is 363 g/mol. The standard InChI is InChI=1S/C21H21N3O3/c1-13(2)19-11-17(16-5-3-4-6-18(16)24-19)21(26)23-14-7-9-15(10-8-14)27-12-20(22)25/h3-11,13H,12H2,1-2H3,(H2,22,25)(H,23,26). The number of ether oxygens (including phenoxy) is 1. The maximum absolute atomic E-state index is 12.9. The number of rotatable bonds is 6. The maximum Gasteiger partial charge on any atom is 0.256 e. The second-order valence-corrected chi connectivity index (χ2v) is 6.50. The molecule has 0 atom stereocenters. The van der Waals surface area contributed by atoms with Crippen molar-refractivity contribution < 1.29 is 14.3 Å². The summed E-state index contributed by atoms with van der Waals surface area (Å²) in [4.78, 5) is 28.3. The number of nitrogens with zero attached hydrogens (tertiary/aromatic N) is 1. The number of carbonyl (C=O) groups is 2. The Morgan fingerprint density at radius 2 is 1.81 bits per heavy atom. The van der Waals surface area contributed by atoms with Crippen LogP contribution >= 0.6 is 0 Å². The van der Waals surface area contributed by atoms with Gasteiger partial charge in [0.15, 0.2) is 6.61 Å². The second kappa shape index (κ2) is 7.86. The first kappa shape index (κ1) is 18.4. The Hall–Kier alpha value is -3.41. The fourth-order valence-electron chi connectivity index (χ4n) is 2.67. The van der Waals surface area contributed by atoms with Gasteiger partial charge in [-0.3, -0.25) is 14.6 Å². The molecule has 2 amide bonds. The molecule has 2 aromatic carbocycles. The van der Waals surface area contributed by atoms with Gasteiger partial charge < -0.3 is 15.8 Å². The number of hydrogen-bond acceptors (Lipinski definition) is 4. The zero-order chi connectivity index (χ0) is 19.4. The van der Waals surface area contributed by atoms with E-state index in [1.165, 1.54) is 0 Å². The summed E-state index contributed by atoms with van der Waals surface area (Å²) in [6.07, 6.45) is 0. The topological polar surface area (TPSA) is 94.3 Å². The summed E-state index contributed by atoms with van der Waals surface area (Å²) in [5.41, 5.74) is 7.92. The molecule has 0 unspecified atom stereocenters. The normalized spacial score (nSPS) is 10.8. The van der Waals surface area contributed by atoms with Crippen molar-refractivity contribution in [3.8, 4) is 5.75 Å². The van der Waals surface area contributed by atoms with Gasteiger partial charge in [-0.25, -0.2) is 0 Å². The van der Waals surface area contributed by atoms with Crippen molar-refractivity contribution >= 4 is 28.4 Å². The number of amides is 2. The quantitative estimate of drug-likeness (QED) is 0.701. The third-order valence-corrected chi connectivity index (χ3v) is 4.07. The number of para-hydroxylation sites is 1. The molecule has 0 radical (unpaired) electrons. The van der Waals surface area contributed by atoms with E-state index in [2.05, 4.69) is 10.3 Å². The van der Waals surface area contributed by atoms with Crippen LogP contribution in [0.3, 0.4) is 0 Å². The lowest BCUT2D eigenvalue weighted by atomic mass is 10.0. The van der Waals surface area contributed by atoms with Gasteiger partial charge in [0.1, 0.15) is 5.75 Å². The van der Waals surface area contributed by atoms with E-state index < -0.39 is 5.91 Å². The molecular weight excluding hydrogens is 342 g/mol. The van der Waals surface area contributed by atoms with Crippen LogP contribution in [0.15, 0.2) is 54.6 Å². The molecule has 138 valence electrons. The van der Waals surface area contributed by atoms with Gasteiger partial charge in [0.25, 0.3) is 11.8 Å². The summed E-state index contributed by atoms with van der Waals surface area (Å²) < 4.78 is 5.22. The van der Waals surface area contributed by atoms with E-state index in [0.717, 1.165) is 16.6 Å². The summed E-state index contributed by atoms with van der Waals surface area (Å²) >= 11 is 0. The Labute approximate surface area is 157 Å². The summed E-state index contributed by atoms with van der Waals surface area (Å²) in [6, 6.07) is 16.2. The van der Waals surface area contributed by atoms with E-state index in [1.807, 2.05) is 44.2 Å². The molecule has 0 aliphatic rings. The Morgan fingerprint density at radius 1 is 1.11 bits per heavy atom. The predicted octanol–water partition coefficient (Wildman–Crippen LogP) is 3.47. The van der Waals surface area contributed by atoms with E-state index in [0.29, 0.717) is 17.0 Å². The number of hydrogen-bond donors (Lipinski definition) is 2. The van der Waals surface area contributed by atoms with Gasteiger partial charge in [-0.2, -0.15) is 0 Å². The Morgan fingerprint density at radius 3 is 2.48 bits per heavy atom. The molecule has 0 fully saturated rings. The summed E-state index contributed by atoms with van der Waals surface area (Å²) in [5.74, 6) is -0.0368. The van der Waals surface area contributed by atoms with Crippen molar-refractivity contribution in [1.82, 2.24) is 4.98 Å². The molecular formula is C21H21N3O3. The van der Waals surface area contributed by atoms with Crippen molar-refractivity contribution in [1.29, 1.82) is 0 Å². The zero-order valence-electron chi connectivity index (χ0n) is 15.2. The minimum atomic E-state index is -0.544. The number of anilines is 1. The third-order valence-electron chi connectivity index (χ3n) is 4.07. The van der Waals surface area contributed by atoms with Gasteiger partial charge in [-0.15, -0.1) is 0 Å². The number of nitrogens with two attached hydrogens (primary N) is 1. The van der Waals surface area contributed by atoms with Crippen molar-refractivity contribution in [3.63, 3.8) is 0 Å². The van der Waals surface area contributed by atoms with E-state index in [4.69, 9.17) is 10.5 Å². The van der Waals surface area contributed by atoms with Crippen molar-refractivity contribution in [3.05, 3.63) is 65.9 Å². The number of carbonyl (C=O) groups excluding carboxylic acids is 2. The first-order chi connectivity index (χ1) is 12.9. The summed E-state index contributed by atoms with van der Waals surface area (Å²) in [5, 5.41) is 3.70. The number of pyridine rings is 1. The van der Waals surface area contributed by atoms with E-state index in [-0.39, 0.29) is 18.4 Å². The van der Waals surface area contributed by atoms with Crippen LogP contribution in [0.5, 0.6) is 5.75 Å². The number of primary amides is 1. The van der Waals surface area contributed by atoms with E-state index >= 15 is 0 Å². The van der Waals surface area contributed by atoms with Crippen LogP contribution in [0.1, 0.15) is 35.8 Å². The molecule has 0 saturated carbocycles. The van der Waals surface area contributed by atoms with Gasteiger partial charge in [0.2, 0.25) is 0 Å². The van der Waals surface area contributed by atoms with E-state index in [1.54, 1.807) is 24.3 Å². The summed E-state index contributed by atoms with van der Waals surface area (Å²) in [6.45, 7) is 3.90. The molecule has 0 bridgehead atoms. The van der Waals surface area contributed by atoms with Crippen LogP contribution in [-0.2, 0) is 4.79 Å². The van der Waals surface area contributed by atoms with Crippen LogP contribution in [0, 0.1) is 0 Å². The largest absolute Gasteiger partial charge is 0.484 e. The molecule has 3 rings (SSSR count). The minimum absolute atomic E-state index is 0.188. The third kappa shape index (κ3) is 4.41. The molecule has 0 spiro atoms. The number of benzene rings is 2. The van der Waals surface area contributed by atoms with Crippen LogP contribution < -0.4 is 15.8 Å². The fourth-order valence-corrected chi connectivity index (χ4v) is 2.67. The van der Waals surface area contributed by atoms with Crippen molar-refractivity contribution in [2.45, 2.75) is 19.8 Å². The van der Waals surface area contributed by atoms with Crippen LogP contribution in [0.2, 0.25) is 0 Å². The lowest BCUT2D eigenvalue weighted by Crippen LogP contribution is -2.20. The van der Waals surface area contributed by atoms with Crippen LogP contribution in [-0.4, -0.2) is 23.4 Å². The molecule has 0 aliphatic heterocycles. The minimum Gasteiger partial charge on any atom is -0.484 e. The fraction of sp³-hybridized carbons (Fsp3) is 0.190. The molecule has 3 aromatic rings. The Bertz CT molecular complexity index is 982. The number of aromatic nitrogens is 1. The Kier molecular flexibility index (Phi) is 5.35. The molecule has 0 aliphatic carbocycles. The van der Waals surface area contributed by atoms with Crippen molar-refractivity contribution in [2.75, 3.05) is 11.9 Å². The molecule has 3 N–H and O–H groups in total. The molecule has 1 heterocycles. The molecule has 0 saturated heterocycles. The van der Waals surface area contributed by atoms with Gasteiger partial charge in [0.05, 0.1) is 11.1 Å². The van der Waals surface area contributed by atoms with Crippen LogP contribution in [0.25, 0.3) is 10.9 Å². The average molecular weight is 363 g/mol. The van der Waals surface area contributed by atoms with Crippen LogP contribution in [0.4, 0.5) is 5.69 Å². The number of fused-ring (bicyclic) bond motifs is 1. The smallest absolute Gasteiger partial charge is 0.256 e. The number of nitrogens with one attached hydrogen (secondary N) is 1. The highest BCUT2D eigenvalue weighted by molar-refractivity contribution is 6.12.